The van der Waals surface area contributed by atoms with E-state index in [2.05, 4.69) is 21.2 Å². The molecule has 1 aromatic heterocycles. The van der Waals surface area contributed by atoms with E-state index in [4.69, 9.17) is 12.3 Å². The third kappa shape index (κ3) is 3.02. The number of nitriles is 1. The minimum Gasteiger partial charge on any atom is -0.398 e. The molecule has 0 radical (unpaired) electrons. The summed E-state index contributed by atoms with van der Waals surface area (Å²) in [6.07, 6.45) is 2.31. The van der Waals surface area contributed by atoms with E-state index in [0.717, 1.165) is 27.5 Å². The third-order valence-corrected chi connectivity index (χ3v) is 5.09. The average Bonchev–Trinajstić information content (AvgIpc) is 3.47. The first kappa shape index (κ1) is 17.5. The van der Waals surface area contributed by atoms with E-state index >= 15 is 0 Å². The van der Waals surface area contributed by atoms with Crippen LogP contribution in [0, 0.1) is 30.7 Å². The Bertz CT molecular complexity index is 1200. The van der Waals surface area contributed by atoms with Crippen LogP contribution in [-0.2, 0) is 4.79 Å². The quantitative estimate of drug-likeness (QED) is 0.684. The molecule has 1 fully saturated rings. The van der Waals surface area contributed by atoms with Crippen molar-refractivity contribution < 1.29 is 4.79 Å². The average molecular weight is 368 g/mol. The summed E-state index contributed by atoms with van der Waals surface area (Å²) in [6.45, 7) is 7.21. The van der Waals surface area contributed by atoms with Gasteiger partial charge in [0.2, 0.25) is 5.91 Å². The molecule has 0 unspecified atom stereocenters. The summed E-state index contributed by atoms with van der Waals surface area (Å²) in [5, 5.41) is 13.9. The number of nitrogens with zero attached hydrogens (tertiary/aromatic N) is 3. The summed E-state index contributed by atoms with van der Waals surface area (Å²) in [5.41, 5.74) is 10.1. The molecule has 0 bridgehead atoms. The van der Waals surface area contributed by atoms with E-state index in [1.165, 1.54) is 0 Å². The Balaban J connectivity index is 1.75. The molecule has 0 spiro atoms. The van der Waals surface area contributed by atoms with Gasteiger partial charge in [0, 0.05) is 29.3 Å². The summed E-state index contributed by atoms with van der Waals surface area (Å²) < 4.78 is 0. The van der Waals surface area contributed by atoms with Gasteiger partial charge in [0.05, 0.1) is 11.6 Å². The van der Waals surface area contributed by atoms with Crippen molar-refractivity contribution in [1.82, 2.24) is 4.98 Å². The number of pyridine rings is 1. The van der Waals surface area contributed by atoms with E-state index in [1.54, 1.807) is 18.3 Å². The molecule has 1 heterocycles. The van der Waals surface area contributed by atoms with Gasteiger partial charge in [0.15, 0.2) is 0 Å². The highest BCUT2D eigenvalue weighted by atomic mass is 16.2. The van der Waals surface area contributed by atoms with Gasteiger partial charge in [-0.2, -0.15) is 5.26 Å². The van der Waals surface area contributed by atoms with E-state index in [0.29, 0.717) is 23.5 Å². The van der Waals surface area contributed by atoms with Crippen LogP contribution in [0.2, 0.25) is 0 Å². The molecule has 0 saturated heterocycles. The number of nitrogens with two attached hydrogens (primary N) is 1. The van der Waals surface area contributed by atoms with Crippen LogP contribution in [0.5, 0.6) is 0 Å². The summed E-state index contributed by atoms with van der Waals surface area (Å²) >= 11 is 0. The molecule has 1 aliphatic rings. The molecule has 28 heavy (non-hydrogen) atoms. The fraction of sp³-hybridized carbons (Fsp3) is 0.182. The minimum atomic E-state index is -0.191. The normalized spacial score (nSPS) is 17.5. The Morgan fingerprint density at radius 3 is 2.93 bits per heavy atom. The predicted octanol–water partition coefficient (Wildman–Crippen LogP) is 3.95. The summed E-state index contributed by atoms with van der Waals surface area (Å²) in [7, 11) is 0. The van der Waals surface area contributed by atoms with Crippen molar-refractivity contribution in [1.29, 1.82) is 5.26 Å². The molecule has 136 valence electrons. The van der Waals surface area contributed by atoms with Crippen molar-refractivity contribution in [2.75, 3.05) is 11.1 Å². The lowest BCUT2D eigenvalue weighted by atomic mass is 9.93. The zero-order valence-corrected chi connectivity index (χ0v) is 15.3. The van der Waals surface area contributed by atoms with Crippen LogP contribution >= 0.6 is 0 Å². The molecule has 2 aromatic carbocycles. The summed E-state index contributed by atoms with van der Waals surface area (Å²) in [6, 6.07) is 13.3. The van der Waals surface area contributed by atoms with Gasteiger partial charge in [-0.25, -0.2) is 4.98 Å². The Hall–Kier alpha value is -3.90. The smallest absolute Gasteiger partial charge is 0.285 e. The van der Waals surface area contributed by atoms with Gasteiger partial charge in [0.1, 0.15) is 11.7 Å². The highest BCUT2D eigenvalue weighted by Crippen LogP contribution is 2.36. The number of benzene rings is 2. The molecule has 0 aliphatic heterocycles. The zero-order chi connectivity index (χ0) is 19.8. The highest BCUT2D eigenvalue weighted by molar-refractivity contribution is 6.00. The number of fused-ring (bicyclic) bond motifs is 1. The van der Waals surface area contributed by atoms with Crippen molar-refractivity contribution in [3.63, 3.8) is 0 Å². The summed E-state index contributed by atoms with van der Waals surface area (Å²) in [5.74, 6) is 0.118. The van der Waals surface area contributed by atoms with Crippen molar-refractivity contribution in [2.24, 2.45) is 5.92 Å². The van der Waals surface area contributed by atoms with E-state index in [9.17, 15) is 10.1 Å². The van der Waals surface area contributed by atoms with Crippen LogP contribution in [0.3, 0.4) is 0 Å². The molecule has 1 aliphatic carbocycles. The van der Waals surface area contributed by atoms with Gasteiger partial charge in [-0.1, -0.05) is 17.0 Å². The molecule has 6 nitrogen and oxygen atoms in total. The van der Waals surface area contributed by atoms with E-state index in [-0.39, 0.29) is 17.9 Å². The summed E-state index contributed by atoms with van der Waals surface area (Å²) in [4.78, 5) is 20.2. The van der Waals surface area contributed by atoms with Crippen LogP contribution in [-0.4, -0.2) is 16.9 Å². The third-order valence-electron chi connectivity index (χ3n) is 5.09. The molecular weight excluding hydrogens is 350 g/mol. The standard InChI is InChI=1S/C22H17N5O/c1-12-4-3-5-13(10-23)21(12)15-6-14-8-20(26-11-17(14)18(24)7-15)27-22(28)16-9-19(16)25-2/h2-8,11,16,19H,9H2,1H3,(H2-,24,26,27,28)/p+1/t16-,19-/m0/s1. The zero-order valence-electron chi connectivity index (χ0n) is 15.3. The van der Waals surface area contributed by atoms with Gasteiger partial charge in [0.25, 0.3) is 12.6 Å². The van der Waals surface area contributed by atoms with Crippen molar-refractivity contribution >= 4 is 28.2 Å². The van der Waals surface area contributed by atoms with Gasteiger partial charge < -0.3 is 11.1 Å². The van der Waals surface area contributed by atoms with Crippen LogP contribution < -0.4 is 11.1 Å². The van der Waals surface area contributed by atoms with E-state index in [1.807, 2.05) is 31.2 Å². The number of hydrogen-bond acceptors (Lipinski definition) is 4. The Kier molecular flexibility index (Phi) is 4.18. The lowest BCUT2D eigenvalue weighted by Crippen LogP contribution is -2.16. The van der Waals surface area contributed by atoms with Crippen molar-refractivity contribution in [3.05, 3.63) is 58.6 Å². The minimum absolute atomic E-state index is 0.104. The number of nitrogens with one attached hydrogen (secondary N) is 1. The Morgan fingerprint density at radius 2 is 2.21 bits per heavy atom. The number of anilines is 2. The fourth-order valence-electron chi connectivity index (χ4n) is 3.49. The second-order valence-electron chi connectivity index (χ2n) is 7.01. The number of carbonyl (C=O) groups is 1. The number of carbonyl (C=O) groups excluding carboxylic acids is 1. The maximum atomic E-state index is 12.2. The number of aryl methyl sites for hydroxylation is 1. The second kappa shape index (κ2) is 6.68. The number of hydrogen-bond donors (Lipinski definition) is 2. The Morgan fingerprint density at radius 1 is 1.39 bits per heavy atom. The first-order chi connectivity index (χ1) is 13.5. The SMILES string of the molecule is C#[N+][C@H]1C[C@@H]1C(=O)Nc1cc2cc(-c3c(C)cccc3C#N)cc(N)c2cn1. The maximum Gasteiger partial charge on any atom is 0.285 e. The van der Waals surface area contributed by atoms with Crippen molar-refractivity contribution in [3.8, 4) is 23.8 Å². The second-order valence-corrected chi connectivity index (χ2v) is 7.01. The maximum absolute atomic E-state index is 12.2. The molecular formula is C22H18N5O+. The van der Waals surface area contributed by atoms with Gasteiger partial charge in [-0.05, 0) is 47.7 Å². The Labute approximate surface area is 162 Å². The van der Waals surface area contributed by atoms with Gasteiger partial charge in [-0.3, -0.25) is 4.79 Å². The number of nitrogen functional groups attached to an aromatic ring is 1. The van der Waals surface area contributed by atoms with Crippen LogP contribution in [0.15, 0.2) is 42.6 Å². The van der Waals surface area contributed by atoms with Crippen LogP contribution in [0.4, 0.5) is 11.5 Å². The first-order valence-electron chi connectivity index (χ1n) is 8.92. The molecule has 2 atom stereocenters. The largest absolute Gasteiger partial charge is 0.398 e. The molecule has 1 saturated carbocycles. The molecule has 3 N–H and O–H groups in total. The lowest BCUT2D eigenvalue weighted by molar-refractivity contribution is -0.117. The molecule has 1 amide bonds. The fourth-order valence-corrected chi connectivity index (χ4v) is 3.49. The number of rotatable bonds is 3. The lowest BCUT2D eigenvalue weighted by Gasteiger charge is -2.12. The van der Waals surface area contributed by atoms with Gasteiger partial charge >= 0.3 is 0 Å². The monoisotopic (exact) mass is 368 g/mol. The predicted molar refractivity (Wildman–Crippen MR) is 110 cm³/mol. The van der Waals surface area contributed by atoms with E-state index < -0.39 is 0 Å². The van der Waals surface area contributed by atoms with Crippen molar-refractivity contribution in [2.45, 2.75) is 19.4 Å². The molecule has 6 heteroatoms. The molecule has 3 aromatic rings. The topological polar surface area (TPSA) is 96.2 Å². The highest BCUT2D eigenvalue weighted by Gasteiger charge is 2.52. The van der Waals surface area contributed by atoms with Crippen LogP contribution in [0.25, 0.3) is 26.7 Å². The number of aromatic nitrogens is 1. The first-order valence-corrected chi connectivity index (χ1v) is 8.92. The number of amides is 1. The molecule has 4 rings (SSSR count). The van der Waals surface area contributed by atoms with Crippen LogP contribution in [0.1, 0.15) is 17.5 Å². The van der Waals surface area contributed by atoms with Gasteiger partial charge in [-0.15, -0.1) is 0 Å².